The molecule has 0 saturated heterocycles. The molecule has 1 fully saturated rings. The molecular formula is C10H22N2S. The molecule has 2 nitrogen and oxygen atoms in total. The molecule has 0 radical (unpaired) electrons. The first-order chi connectivity index (χ1) is 6.27. The van der Waals surface area contributed by atoms with Gasteiger partial charge >= 0.3 is 0 Å². The van der Waals surface area contributed by atoms with Crippen LogP contribution in [0.3, 0.4) is 0 Å². The lowest BCUT2D eigenvalue weighted by Crippen LogP contribution is -2.43. The van der Waals surface area contributed by atoms with Crippen LogP contribution in [0.15, 0.2) is 0 Å². The summed E-state index contributed by atoms with van der Waals surface area (Å²) in [7, 11) is 0. The lowest BCUT2D eigenvalue weighted by molar-refractivity contribution is 0.243. The minimum absolute atomic E-state index is 0.530. The maximum absolute atomic E-state index is 5.56. The van der Waals surface area contributed by atoms with Gasteiger partial charge in [-0.05, 0) is 30.9 Å². The molecule has 3 heteroatoms. The number of thioether (sulfide) groups is 1. The van der Waals surface area contributed by atoms with Gasteiger partial charge in [-0.25, -0.2) is 0 Å². The largest absolute Gasteiger partial charge is 0.271 e. The van der Waals surface area contributed by atoms with E-state index >= 15 is 0 Å². The molecule has 0 aromatic rings. The predicted octanol–water partition coefficient (Wildman–Crippen LogP) is 2.01. The second-order valence-corrected chi connectivity index (χ2v) is 5.16. The molecule has 0 heterocycles. The maximum atomic E-state index is 5.56. The second kappa shape index (κ2) is 5.89. The van der Waals surface area contributed by atoms with Crippen LogP contribution in [0.2, 0.25) is 0 Å². The summed E-state index contributed by atoms with van der Waals surface area (Å²) in [6.07, 6.45) is 7.64. The summed E-state index contributed by atoms with van der Waals surface area (Å²) >= 11 is 1.89. The van der Waals surface area contributed by atoms with Crippen molar-refractivity contribution in [2.45, 2.75) is 38.6 Å². The normalized spacial score (nSPS) is 31.6. The van der Waals surface area contributed by atoms with Crippen LogP contribution in [-0.2, 0) is 0 Å². The van der Waals surface area contributed by atoms with Crippen LogP contribution < -0.4 is 11.3 Å². The Bertz CT molecular complexity index is 133. The highest BCUT2D eigenvalue weighted by Crippen LogP contribution is 2.30. The second-order valence-electron chi connectivity index (χ2n) is 4.25. The van der Waals surface area contributed by atoms with Crippen LogP contribution in [0, 0.1) is 11.8 Å². The van der Waals surface area contributed by atoms with Crippen LogP contribution in [0.1, 0.15) is 32.6 Å². The van der Waals surface area contributed by atoms with Crippen molar-refractivity contribution in [3.8, 4) is 0 Å². The third-order valence-electron chi connectivity index (χ3n) is 3.19. The van der Waals surface area contributed by atoms with E-state index in [-0.39, 0.29) is 0 Å². The topological polar surface area (TPSA) is 38.0 Å². The Kier molecular flexibility index (Phi) is 5.14. The molecule has 1 unspecified atom stereocenters. The molecule has 0 spiro atoms. The molecule has 1 rings (SSSR count). The van der Waals surface area contributed by atoms with Crippen molar-refractivity contribution >= 4 is 11.8 Å². The van der Waals surface area contributed by atoms with Crippen LogP contribution in [-0.4, -0.2) is 18.1 Å². The minimum atomic E-state index is 0.530. The molecule has 1 aliphatic rings. The molecule has 3 N–H and O–H groups in total. The van der Waals surface area contributed by atoms with Crippen molar-refractivity contribution < 1.29 is 0 Å². The van der Waals surface area contributed by atoms with Gasteiger partial charge in [0.1, 0.15) is 0 Å². The van der Waals surface area contributed by atoms with Crippen LogP contribution in [0.4, 0.5) is 0 Å². The quantitative estimate of drug-likeness (QED) is 0.541. The zero-order valence-corrected chi connectivity index (χ0v) is 9.57. The van der Waals surface area contributed by atoms with Gasteiger partial charge in [0.2, 0.25) is 0 Å². The third-order valence-corrected chi connectivity index (χ3v) is 3.88. The molecule has 0 aromatic heterocycles. The molecule has 1 atom stereocenters. The molecule has 0 bridgehead atoms. The van der Waals surface area contributed by atoms with Crippen molar-refractivity contribution in [3.05, 3.63) is 0 Å². The standard InChI is InChI=1S/C10H22N2S/c1-8-3-5-9(6-4-8)10(12-11)7-13-2/h8-10,12H,3-7,11H2,1-2H3. The summed E-state index contributed by atoms with van der Waals surface area (Å²) in [5.41, 5.74) is 2.97. The van der Waals surface area contributed by atoms with Crippen LogP contribution >= 0.6 is 11.8 Å². The van der Waals surface area contributed by atoms with Gasteiger partial charge in [-0.15, -0.1) is 0 Å². The van der Waals surface area contributed by atoms with E-state index in [0.29, 0.717) is 6.04 Å². The Hall–Kier alpha value is 0.270. The van der Waals surface area contributed by atoms with Crippen molar-refractivity contribution in [2.75, 3.05) is 12.0 Å². The Morgan fingerprint density at radius 2 is 2.00 bits per heavy atom. The fraction of sp³-hybridized carbons (Fsp3) is 1.00. The fourth-order valence-corrected chi connectivity index (χ4v) is 2.92. The number of hydrogen-bond acceptors (Lipinski definition) is 3. The zero-order chi connectivity index (χ0) is 9.68. The Labute approximate surface area is 86.0 Å². The molecule has 0 aliphatic heterocycles. The third kappa shape index (κ3) is 3.49. The number of nitrogens with two attached hydrogens (primary N) is 1. The van der Waals surface area contributed by atoms with Gasteiger partial charge in [-0.1, -0.05) is 19.8 Å². The molecular weight excluding hydrogens is 180 g/mol. The van der Waals surface area contributed by atoms with Crippen molar-refractivity contribution in [2.24, 2.45) is 17.7 Å². The lowest BCUT2D eigenvalue weighted by atomic mass is 9.80. The van der Waals surface area contributed by atoms with E-state index < -0.39 is 0 Å². The van der Waals surface area contributed by atoms with Gasteiger partial charge < -0.3 is 0 Å². The number of rotatable bonds is 4. The average Bonchev–Trinajstić information content (AvgIpc) is 2.16. The Morgan fingerprint density at radius 3 is 2.46 bits per heavy atom. The van der Waals surface area contributed by atoms with E-state index in [0.717, 1.165) is 17.6 Å². The van der Waals surface area contributed by atoms with Gasteiger partial charge in [-0.3, -0.25) is 11.3 Å². The van der Waals surface area contributed by atoms with Gasteiger partial charge in [0.05, 0.1) is 0 Å². The average molecular weight is 202 g/mol. The smallest absolute Gasteiger partial charge is 0.0329 e. The van der Waals surface area contributed by atoms with Gasteiger partial charge in [0, 0.05) is 11.8 Å². The van der Waals surface area contributed by atoms with E-state index in [4.69, 9.17) is 5.84 Å². The van der Waals surface area contributed by atoms with Crippen LogP contribution in [0.5, 0.6) is 0 Å². The molecule has 0 amide bonds. The van der Waals surface area contributed by atoms with Gasteiger partial charge in [-0.2, -0.15) is 11.8 Å². The number of nitrogens with one attached hydrogen (secondary N) is 1. The van der Waals surface area contributed by atoms with E-state index in [1.54, 1.807) is 0 Å². The highest BCUT2D eigenvalue weighted by atomic mass is 32.2. The summed E-state index contributed by atoms with van der Waals surface area (Å²) in [5.74, 6) is 8.46. The van der Waals surface area contributed by atoms with E-state index in [2.05, 4.69) is 18.6 Å². The first-order valence-corrected chi connectivity index (χ1v) is 6.62. The van der Waals surface area contributed by atoms with Crippen LogP contribution in [0.25, 0.3) is 0 Å². The summed E-state index contributed by atoms with van der Waals surface area (Å²) < 4.78 is 0. The molecule has 13 heavy (non-hydrogen) atoms. The number of hydrogen-bond donors (Lipinski definition) is 2. The van der Waals surface area contributed by atoms with Crippen molar-refractivity contribution in [1.29, 1.82) is 0 Å². The van der Waals surface area contributed by atoms with E-state index in [1.165, 1.54) is 25.7 Å². The van der Waals surface area contributed by atoms with E-state index in [9.17, 15) is 0 Å². The molecule has 1 aliphatic carbocycles. The minimum Gasteiger partial charge on any atom is -0.271 e. The fourth-order valence-electron chi connectivity index (χ4n) is 2.19. The Morgan fingerprint density at radius 1 is 1.38 bits per heavy atom. The summed E-state index contributed by atoms with van der Waals surface area (Å²) in [5, 5.41) is 0. The monoisotopic (exact) mass is 202 g/mol. The Balaban J connectivity index is 2.32. The first kappa shape index (κ1) is 11.3. The summed E-state index contributed by atoms with van der Waals surface area (Å²) in [6.45, 7) is 2.36. The van der Waals surface area contributed by atoms with Gasteiger partial charge in [0.25, 0.3) is 0 Å². The summed E-state index contributed by atoms with van der Waals surface area (Å²) in [4.78, 5) is 0. The van der Waals surface area contributed by atoms with Crippen molar-refractivity contribution in [3.63, 3.8) is 0 Å². The molecule has 78 valence electrons. The number of hydrazine groups is 1. The molecule has 0 aromatic carbocycles. The van der Waals surface area contributed by atoms with Crippen molar-refractivity contribution in [1.82, 2.24) is 5.43 Å². The highest BCUT2D eigenvalue weighted by Gasteiger charge is 2.24. The maximum Gasteiger partial charge on any atom is 0.0329 e. The SMILES string of the molecule is CSCC(NN)C1CCC(C)CC1. The summed E-state index contributed by atoms with van der Waals surface area (Å²) in [6, 6.07) is 0.530. The lowest BCUT2D eigenvalue weighted by Gasteiger charge is -2.31. The first-order valence-electron chi connectivity index (χ1n) is 5.23. The van der Waals surface area contributed by atoms with E-state index in [1.807, 2.05) is 11.8 Å². The zero-order valence-electron chi connectivity index (χ0n) is 8.75. The highest BCUT2D eigenvalue weighted by molar-refractivity contribution is 7.98. The van der Waals surface area contributed by atoms with Gasteiger partial charge in [0.15, 0.2) is 0 Å². The molecule has 1 saturated carbocycles. The predicted molar refractivity (Wildman–Crippen MR) is 60.6 cm³/mol.